The Balaban J connectivity index is 1.93. The van der Waals surface area contributed by atoms with Gasteiger partial charge in [0.25, 0.3) is 5.91 Å². The monoisotopic (exact) mass is 326 g/mol. The smallest absolute Gasteiger partial charge is 0.257 e. The summed E-state index contributed by atoms with van der Waals surface area (Å²) in [7, 11) is 1.83. The van der Waals surface area contributed by atoms with Crippen LogP contribution in [0.4, 0.5) is 5.82 Å². The number of amides is 1. The molecular weight excluding hydrogens is 304 g/mol. The van der Waals surface area contributed by atoms with Gasteiger partial charge in [-0.15, -0.1) is 0 Å². The van der Waals surface area contributed by atoms with E-state index in [4.69, 9.17) is 0 Å². The number of hydrogen-bond acceptors (Lipinski definition) is 6. The lowest BCUT2D eigenvalue weighted by molar-refractivity contribution is 0.0731. The molecule has 2 aromatic heterocycles. The van der Waals surface area contributed by atoms with Crippen molar-refractivity contribution < 1.29 is 4.79 Å². The fourth-order valence-electron chi connectivity index (χ4n) is 3.15. The number of likely N-dealkylation sites (tertiary alicyclic amines) is 1. The van der Waals surface area contributed by atoms with Gasteiger partial charge in [-0.25, -0.2) is 19.9 Å². The van der Waals surface area contributed by atoms with Crippen molar-refractivity contribution in [1.82, 2.24) is 24.8 Å². The molecule has 3 rings (SSSR count). The van der Waals surface area contributed by atoms with Crippen molar-refractivity contribution in [3.63, 3.8) is 0 Å². The fourth-order valence-corrected chi connectivity index (χ4v) is 3.15. The normalized spacial score (nSPS) is 17.2. The largest absolute Gasteiger partial charge is 0.373 e. The second kappa shape index (κ2) is 6.51. The predicted molar refractivity (Wildman–Crippen MR) is 90.8 cm³/mol. The zero-order valence-electron chi connectivity index (χ0n) is 14.5. The summed E-state index contributed by atoms with van der Waals surface area (Å²) in [5.41, 5.74) is 2.16. The zero-order valence-corrected chi connectivity index (χ0v) is 14.5. The molecule has 7 nitrogen and oxygen atoms in total. The molecule has 1 amide bonds. The molecule has 0 saturated carbocycles. The van der Waals surface area contributed by atoms with Gasteiger partial charge in [-0.3, -0.25) is 4.79 Å². The molecule has 0 aliphatic carbocycles. The molecule has 1 aliphatic heterocycles. The van der Waals surface area contributed by atoms with Gasteiger partial charge in [-0.1, -0.05) is 0 Å². The van der Waals surface area contributed by atoms with Crippen molar-refractivity contribution in [2.45, 2.75) is 39.7 Å². The maximum absolute atomic E-state index is 13.0. The lowest BCUT2D eigenvalue weighted by Crippen LogP contribution is -2.32. The molecule has 0 bridgehead atoms. The van der Waals surface area contributed by atoms with Crippen LogP contribution in [0.1, 0.15) is 52.3 Å². The lowest BCUT2D eigenvalue weighted by Gasteiger charge is -2.25. The fraction of sp³-hybridized carbons (Fsp3) is 0.471. The van der Waals surface area contributed by atoms with E-state index in [1.165, 1.54) is 0 Å². The lowest BCUT2D eigenvalue weighted by atomic mass is 10.1. The molecule has 1 N–H and O–H groups in total. The summed E-state index contributed by atoms with van der Waals surface area (Å²) < 4.78 is 0. The minimum atomic E-state index is -0.0352. The molecule has 7 heteroatoms. The predicted octanol–water partition coefficient (Wildman–Crippen LogP) is 2.21. The van der Waals surface area contributed by atoms with Crippen molar-refractivity contribution >= 4 is 11.7 Å². The Kier molecular flexibility index (Phi) is 4.42. The number of hydrogen-bond donors (Lipinski definition) is 1. The third-order valence-electron chi connectivity index (χ3n) is 4.30. The van der Waals surface area contributed by atoms with E-state index in [0.29, 0.717) is 22.9 Å². The molecule has 0 aromatic carbocycles. The Hall–Kier alpha value is -2.57. The Labute approximate surface area is 141 Å². The molecule has 0 spiro atoms. The van der Waals surface area contributed by atoms with Gasteiger partial charge in [0.05, 0.1) is 23.0 Å². The first-order chi connectivity index (χ1) is 11.5. The van der Waals surface area contributed by atoms with E-state index in [9.17, 15) is 4.79 Å². The molecular formula is C17H22N6O. The maximum atomic E-state index is 13.0. The first-order valence-electron chi connectivity index (χ1n) is 8.14. The summed E-state index contributed by atoms with van der Waals surface area (Å²) in [4.78, 5) is 32.2. The van der Waals surface area contributed by atoms with Crippen molar-refractivity contribution in [2.24, 2.45) is 0 Å². The van der Waals surface area contributed by atoms with Crippen LogP contribution in [0.2, 0.25) is 0 Å². The highest BCUT2D eigenvalue weighted by molar-refractivity contribution is 5.95. The Morgan fingerprint density at radius 2 is 2.00 bits per heavy atom. The van der Waals surface area contributed by atoms with Crippen LogP contribution in [0.3, 0.4) is 0 Å². The zero-order chi connectivity index (χ0) is 17.3. The van der Waals surface area contributed by atoms with E-state index in [2.05, 4.69) is 25.3 Å². The van der Waals surface area contributed by atoms with Gasteiger partial charge in [0.1, 0.15) is 17.5 Å². The van der Waals surface area contributed by atoms with Crippen LogP contribution in [0.15, 0.2) is 12.3 Å². The van der Waals surface area contributed by atoms with E-state index in [1.54, 1.807) is 6.20 Å². The van der Waals surface area contributed by atoms with Crippen LogP contribution < -0.4 is 5.32 Å². The Morgan fingerprint density at radius 3 is 2.71 bits per heavy atom. The van der Waals surface area contributed by atoms with E-state index < -0.39 is 0 Å². The van der Waals surface area contributed by atoms with E-state index >= 15 is 0 Å². The van der Waals surface area contributed by atoms with Crippen LogP contribution >= 0.6 is 0 Å². The third kappa shape index (κ3) is 3.06. The number of carbonyl (C=O) groups excluding carboxylic acids is 1. The van der Waals surface area contributed by atoms with Crippen molar-refractivity contribution in [1.29, 1.82) is 0 Å². The Morgan fingerprint density at radius 1 is 1.21 bits per heavy atom. The average Bonchev–Trinajstić information content (AvgIpc) is 3.03. The average molecular weight is 326 g/mol. The van der Waals surface area contributed by atoms with Crippen molar-refractivity contribution in [3.8, 4) is 0 Å². The van der Waals surface area contributed by atoms with Crippen molar-refractivity contribution in [3.05, 3.63) is 40.9 Å². The third-order valence-corrected chi connectivity index (χ3v) is 4.30. The molecule has 0 radical (unpaired) electrons. The topological polar surface area (TPSA) is 83.9 Å². The van der Waals surface area contributed by atoms with Gasteiger partial charge >= 0.3 is 0 Å². The molecule has 1 fully saturated rings. The standard InChI is InChI=1S/C17H22N6O/c1-10-13(9-19-11(2)20-10)17(24)23-7-5-6-15(23)14-8-16(18-4)22-12(3)21-14/h8-9,15H,5-7H2,1-4H3,(H,18,21,22)/t15-/m0/s1. The van der Waals surface area contributed by atoms with Gasteiger partial charge in [-0.2, -0.15) is 0 Å². The minimum absolute atomic E-state index is 0.0303. The maximum Gasteiger partial charge on any atom is 0.257 e. The van der Waals surface area contributed by atoms with Crippen LogP contribution in [0.5, 0.6) is 0 Å². The first-order valence-corrected chi connectivity index (χ1v) is 8.14. The first kappa shape index (κ1) is 16.3. The van der Waals surface area contributed by atoms with Crippen molar-refractivity contribution in [2.75, 3.05) is 18.9 Å². The van der Waals surface area contributed by atoms with Gasteiger partial charge in [0.15, 0.2) is 0 Å². The minimum Gasteiger partial charge on any atom is -0.373 e. The van der Waals surface area contributed by atoms with Gasteiger partial charge in [0.2, 0.25) is 0 Å². The summed E-state index contributed by atoms with van der Waals surface area (Å²) in [5.74, 6) is 2.11. The molecule has 2 aromatic rings. The summed E-state index contributed by atoms with van der Waals surface area (Å²) in [6.07, 6.45) is 3.48. The number of nitrogens with one attached hydrogen (secondary N) is 1. The van der Waals surface area contributed by atoms with Crippen LogP contribution in [0, 0.1) is 20.8 Å². The summed E-state index contributed by atoms with van der Waals surface area (Å²) >= 11 is 0. The quantitative estimate of drug-likeness (QED) is 0.931. The van der Waals surface area contributed by atoms with Crippen LogP contribution in [0.25, 0.3) is 0 Å². The highest BCUT2D eigenvalue weighted by Crippen LogP contribution is 2.33. The molecule has 24 heavy (non-hydrogen) atoms. The SMILES string of the molecule is CNc1cc([C@@H]2CCCN2C(=O)c2cnc(C)nc2C)nc(C)n1. The number of aryl methyl sites for hydroxylation is 3. The van der Waals surface area contributed by atoms with Gasteiger partial charge < -0.3 is 10.2 Å². The van der Waals surface area contributed by atoms with Gasteiger partial charge in [-0.05, 0) is 33.6 Å². The second-order valence-corrected chi connectivity index (χ2v) is 6.05. The second-order valence-electron chi connectivity index (χ2n) is 6.05. The molecule has 3 heterocycles. The van der Waals surface area contributed by atoms with Crippen LogP contribution in [-0.2, 0) is 0 Å². The van der Waals surface area contributed by atoms with Gasteiger partial charge in [0, 0.05) is 25.9 Å². The molecule has 1 atom stereocenters. The number of aromatic nitrogens is 4. The van der Waals surface area contributed by atoms with E-state index in [1.807, 2.05) is 38.8 Å². The molecule has 1 aliphatic rings. The summed E-state index contributed by atoms with van der Waals surface area (Å²) in [5, 5.41) is 3.05. The van der Waals surface area contributed by atoms with E-state index in [-0.39, 0.29) is 11.9 Å². The Bertz CT molecular complexity index is 776. The van der Waals surface area contributed by atoms with Crippen LogP contribution in [-0.4, -0.2) is 44.3 Å². The highest BCUT2D eigenvalue weighted by atomic mass is 16.2. The molecule has 126 valence electrons. The number of rotatable bonds is 3. The van der Waals surface area contributed by atoms with E-state index in [0.717, 1.165) is 30.9 Å². The number of nitrogens with zero attached hydrogens (tertiary/aromatic N) is 5. The summed E-state index contributed by atoms with van der Waals surface area (Å²) in [6, 6.07) is 1.88. The number of anilines is 1. The summed E-state index contributed by atoms with van der Waals surface area (Å²) in [6.45, 7) is 6.25. The number of carbonyl (C=O) groups is 1. The molecule has 1 saturated heterocycles. The highest BCUT2D eigenvalue weighted by Gasteiger charge is 2.33. The molecule has 0 unspecified atom stereocenters.